The molecule has 5 nitrogen and oxygen atoms in total. The number of unbranched alkanes of at least 4 members (excludes halogenated alkanes) is 8. The lowest BCUT2D eigenvalue weighted by molar-refractivity contribution is 0.0435. The first-order valence-electron chi connectivity index (χ1n) is 11.4. The van der Waals surface area contributed by atoms with Gasteiger partial charge in [-0.15, -0.1) is 0 Å². The van der Waals surface area contributed by atoms with Crippen LogP contribution in [0, 0.1) is 5.92 Å². The minimum absolute atomic E-state index is 0.145. The summed E-state index contributed by atoms with van der Waals surface area (Å²) < 4.78 is 10.6. The number of carbonyl (C=O) groups excluding carboxylic acids is 2. The Morgan fingerprint density at radius 2 is 1.38 bits per heavy atom. The Hall–Kier alpha value is -1.91. The van der Waals surface area contributed by atoms with Crippen LogP contribution in [0.4, 0.5) is 0 Å². The molecule has 1 rings (SSSR count). The predicted molar refractivity (Wildman–Crippen MR) is 116 cm³/mol. The monoisotopic (exact) mass is 405 g/mol. The summed E-state index contributed by atoms with van der Waals surface area (Å²) in [5.74, 6) is -0.673. The van der Waals surface area contributed by atoms with Crippen molar-refractivity contribution in [3.05, 3.63) is 29.6 Å². The number of pyridine rings is 1. The molecular weight excluding hydrogens is 366 g/mol. The largest absolute Gasteiger partial charge is 0.461 e. The van der Waals surface area contributed by atoms with Crippen molar-refractivity contribution in [2.75, 3.05) is 13.2 Å². The molecule has 1 atom stereocenters. The maximum absolute atomic E-state index is 12.2. The van der Waals surface area contributed by atoms with Gasteiger partial charge < -0.3 is 9.47 Å². The van der Waals surface area contributed by atoms with Gasteiger partial charge in [0.2, 0.25) is 0 Å². The van der Waals surface area contributed by atoms with E-state index in [0.717, 1.165) is 25.7 Å². The lowest BCUT2D eigenvalue weighted by Crippen LogP contribution is -2.15. The highest BCUT2D eigenvalue weighted by Gasteiger charge is 2.15. The number of nitrogens with zero attached hydrogens (tertiary/aromatic N) is 1. The van der Waals surface area contributed by atoms with Crippen LogP contribution in [0.2, 0.25) is 0 Å². The van der Waals surface area contributed by atoms with Crippen LogP contribution in [0.5, 0.6) is 0 Å². The number of aromatic nitrogens is 1. The van der Waals surface area contributed by atoms with E-state index in [-0.39, 0.29) is 11.4 Å². The Bertz CT molecular complexity index is 588. The first-order valence-corrected chi connectivity index (χ1v) is 11.4. The quantitative estimate of drug-likeness (QED) is 0.236. The molecule has 0 aromatic carbocycles. The van der Waals surface area contributed by atoms with Crippen LogP contribution >= 0.6 is 0 Å². The summed E-state index contributed by atoms with van der Waals surface area (Å²) in [5.41, 5.74) is 0.295. The highest BCUT2D eigenvalue weighted by molar-refractivity contribution is 5.91. The zero-order valence-corrected chi connectivity index (χ0v) is 18.6. The van der Waals surface area contributed by atoms with Crippen molar-refractivity contribution in [1.82, 2.24) is 4.98 Å². The molecule has 0 radical (unpaired) electrons. The molecule has 0 aliphatic carbocycles. The lowest BCUT2D eigenvalue weighted by atomic mass is 10.1. The Kier molecular flexibility index (Phi) is 13.8. The molecule has 0 spiro atoms. The number of hydrogen-bond acceptors (Lipinski definition) is 5. The van der Waals surface area contributed by atoms with Gasteiger partial charge in [0.15, 0.2) is 0 Å². The SMILES string of the molecule is CCCCCCCCCCCOC(=O)c1cccc(C(=O)OCC(C)CCC)n1. The summed E-state index contributed by atoms with van der Waals surface area (Å²) in [7, 11) is 0. The second-order valence-corrected chi connectivity index (χ2v) is 7.86. The second-order valence-electron chi connectivity index (χ2n) is 7.86. The Morgan fingerprint density at radius 1 is 0.828 bits per heavy atom. The van der Waals surface area contributed by atoms with Gasteiger partial charge in [0.25, 0.3) is 0 Å². The zero-order valence-electron chi connectivity index (χ0n) is 18.6. The number of hydrogen-bond donors (Lipinski definition) is 0. The van der Waals surface area contributed by atoms with E-state index in [1.54, 1.807) is 18.2 Å². The molecule has 5 heteroatoms. The molecule has 0 aliphatic rings. The van der Waals surface area contributed by atoms with Crippen molar-refractivity contribution < 1.29 is 19.1 Å². The van der Waals surface area contributed by atoms with Gasteiger partial charge >= 0.3 is 11.9 Å². The first-order chi connectivity index (χ1) is 14.1. The summed E-state index contributed by atoms with van der Waals surface area (Å²) in [6.07, 6.45) is 13.0. The van der Waals surface area contributed by atoms with Crippen molar-refractivity contribution in [1.29, 1.82) is 0 Å². The van der Waals surface area contributed by atoms with E-state index in [1.165, 1.54) is 44.9 Å². The number of ether oxygens (including phenoxy) is 2. The number of rotatable bonds is 16. The molecule has 0 saturated carbocycles. The van der Waals surface area contributed by atoms with Crippen LogP contribution < -0.4 is 0 Å². The average molecular weight is 406 g/mol. The smallest absolute Gasteiger partial charge is 0.356 e. The van der Waals surface area contributed by atoms with Crippen molar-refractivity contribution in [3.8, 4) is 0 Å². The molecule has 1 aromatic heterocycles. The van der Waals surface area contributed by atoms with E-state index in [4.69, 9.17) is 9.47 Å². The van der Waals surface area contributed by atoms with Crippen LogP contribution in [0.3, 0.4) is 0 Å². The van der Waals surface area contributed by atoms with Gasteiger partial charge in [0.05, 0.1) is 13.2 Å². The highest BCUT2D eigenvalue weighted by atomic mass is 16.5. The maximum Gasteiger partial charge on any atom is 0.356 e. The molecule has 1 heterocycles. The molecule has 0 amide bonds. The maximum atomic E-state index is 12.2. The Labute approximate surface area is 176 Å². The predicted octanol–water partition coefficient (Wildman–Crippen LogP) is 6.36. The highest BCUT2D eigenvalue weighted by Crippen LogP contribution is 2.11. The molecule has 29 heavy (non-hydrogen) atoms. The minimum Gasteiger partial charge on any atom is -0.461 e. The lowest BCUT2D eigenvalue weighted by Gasteiger charge is -2.11. The van der Waals surface area contributed by atoms with Crippen LogP contribution in [0.15, 0.2) is 18.2 Å². The molecule has 0 bridgehead atoms. The second kappa shape index (κ2) is 15.9. The number of carbonyl (C=O) groups is 2. The van der Waals surface area contributed by atoms with Gasteiger partial charge in [-0.05, 0) is 30.9 Å². The van der Waals surface area contributed by atoms with Gasteiger partial charge in [-0.2, -0.15) is 0 Å². The van der Waals surface area contributed by atoms with Gasteiger partial charge in [-0.25, -0.2) is 14.6 Å². The van der Waals surface area contributed by atoms with Crippen LogP contribution in [0.1, 0.15) is 112 Å². The van der Waals surface area contributed by atoms with Gasteiger partial charge in [-0.3, -0.25) is 0 Å². The van der Waals surface area contributed by atoms with E-state index in [1.807, 2.05) is 6.92 Å². The molecule has 1 unspecified atom stereocenters. The Balaban J connectivity index is 2.26. The summed E-state index contributed by atoms with van der Waals surface area (Å²) >= 11 is 0. The molecule has 0 aliphatic heterocycles. The van der Waals surface area contributed by atoms with Crippen LogP contribution in [-0.4, -0.2) is 30.1 Å². The van der Waals surface area contributed by atoms with E-state index < -0.39 is 11.9 Å². The fourth-order valence-corrected chi connectivity index (χ4v) is 3.18. The third-order valence-electron chi connectivity index (χ3n) is 4.93. The Morgan fingerprint density at radius 3 is 1.97 bits per heavy atom. The first kappa shape index (κ1) is 25.1. The molecule has 1 aromatic rings. The normalized spacial score (nSPS) is 11.8. The fourth-order valence-electron chi connectivity index (χ4n) is 3.18. The number of esters is 2. The van der Waals surface area contributed by atoms with Crippen molar-refractivity contribution in [3.63, 3.8) is 0 Å². The average Bonchev–Trinajstić information content (AvgIpc) is 2.73. The molecule has 0 N–H and O–H groups in total. The summed E-state index contributed by atoms with van der Waals surface area (Å²) in [5, 5.41) is 0. The molecule has 0 saturated heterocycles. The van der Waals surface area contributed by atoms with Gasteiger partial charge in [0, 0.05) is 0 Å². The van der Waals surface area contributed by atoms with E-state index in [9.17, 15) is 9.59 Å². The summed E-state index contributed by atoms with van der Waals surface area (Å²) in [6.45, 7) is 7.13. The summed E-state index contributed by atoms with van der Waals surface area (Å²) in [4.78, 5) is 28.4. The standard InChI is InChI=1S/C24H39NO4/c1-4-6-7-8-9-10-11-12-13-18-28-23(26)21-16-14-17-22(25-21)24(27)29-19-20(3)15-5-2/h14,16-17,20H,4-13,15,18-19H2,1-3H3. The summed E-state index contributed by atoms with van der Waals surface area (Å²) in [6, 6.07) is 4.76. The van der Waals surface area contributed by atoms with E-state index in [2.05, 4.69) is 18.8 Å². The van der Waals surface area contributed by atoms with Gasteiger partial charge in [0.1, 0.15) is 11.4 Å². The van der Waals surface area contributed by atoms with Crippen molar-refractivity contribution in [2.24, 2.45) is 5.92 Å². The van der Waals surface area contributed by atoms with Gasteiger partial charge in [-0.1, -0.05) is 84.6 Å². The zero-order chi connectivity index (χ0) is 21.3. The van der Waals surface area contributed by atoms with Crippen molar-refractivity contribution in [2.45, 2.75) is 91.4 Å². The molecular formula is C24H39NO4. The van der Waals surface area contributed by atoms with E-state index >= 15 is 0 Å². The molecule has 164 valence electrons. The van der Waals surface area contributed by atoms with Crippen molar-refractivity contribution >= 4 is 11.9 Å². The fraction of sp³-hybridized carbons (Fsp3) is 0.708. The third-order valence-corrected chi connectivity index (χ3v) is 4.93. The van der Waals surface area contributed by atoms with Crippen LogP contribution in [0.25, 0.3) is 0 Å². The third kappa shape index (κ3) is 11.6. The van der Waals surface area contributed by atoms with Crippen LogP contribution in [-0.2, 0) is 9.47 Å². The van der Waals surface area contributed by atoms with E-state index in [0.29, 0.717) is 19.1 Å². The minimum atomic E-state index is -0.499. The molecule has 0 fully saturated rings. The topological polar surface area (TPSA) is 65.5 Å².